The standard InChI is InChI=1S/C26H27N3O5S/c1-20(34-24-15-9-8-14-23(24)25(30)27-21-10-4-2-5-11-21)26(31)28-16-18-29(19-17-28)35(32,33)22-12-6-3-7-13-22/h2-15,20H,16-19H2,1H3,(H,27,30)/t20-/m1/s1. The normalized spacial score (nSPS) is 15.3. The molecule has 3 aromatic rings. The maximum absolute atomic E-state index is 13.0. The number of sulfonamides is 1. The number of hydrogen-bond donors (Lipinski definition) is 1. The molecule has 2 amide bonds. The summed E-state index contributed by atoms with van der Waals surface area (Å²) < 4.78 is 33.0. The zero-order chi connectivity index (χ0) is 24.8. The molecule has 9 heteroatoms. The molecule has 0 aromatic heterocycles. The van der Waals surface area contributed by atoms with Crippen LogP contribution in [0.5, 0.6) is 5.75 Å². The molecule has 0 radical (unpaired) electrons. The molecule has 1 heterocycles. The summed E-state index contributed by atoms with van der Waals surface area (Å²) in [7, 11) is -3.60. The van der Waals surface area contributed by atoms with E-state index in [1.807, 2.05) is 18.2 Å². The molecule has 1 fully saturated rings. The fourth-order valence-corrected chi connectivity index (χ4v) is 5.31. The van der Waals surface area contributed by atoms with E-state index in [0.717, 1.165) is 0 Å². The summed E-state index contributed by atoms with van der Waals surface area (Å²) in [6.45, 7) is 2.54. The maximum Gasteiger partial charge on any atom is 0.263 e. The van der Waals surface area contributed by atoms with Crippen molar-refractivity contribution in [3.63, 3.8) is 0 Å². The molecule has 1 aliphatic rings. The number of carbonyl (C=O) groups is 2. The van der Waals surface area contributed by atoms with Crippen LogP contribution in [0.2, 0.25) is 0 Å². The van der Waals surface area contributed by atoms with Gasteiger partial charge < -0.3 is 15.0 Å². The summed E-state index contributed by atoms with van der Waals surface area (Å²) in [4.78, 5) is 27.6. The number of anilines is 1. The molecule has 1 saturated heterocycles. The molecule has 35 heavy (non-hydrogen) atoms. The van der Waals surface area contributed by atoms with E-state index in [9.17, 15) is 18.0 Å². The molecular weight excluding hydrogens is 466 g/mol. The molecule has 0 bridgehead atoms. The van der Waals surface area contributed by atoms with Crippen molar-refractivity contribution < 1.29 is 22.7 Å². The molecule has 0 saturated carbocycles. The highest BCUT2D eigenvalue weighted by Crippen LogP contribution is 2.22. The van der Waals surface area contributed by atoms with Crippen LogP contribution in [-0.2, 0) is 14.8 Å². The minimum atomic E-state index is -3.60. The quantitative estimate of drug-likeness (QED) is 0.545. The lowest BCUT2D eigenvalue weighted by Gasteiger charge is -2.35. The highest BCUT2D eigenvalue weighted by Gasteiger charge is 2.32. The number of nitrogens with zero attached hydrogens (tertiary/aromatic N) is 2. The zero-order valence-electron chi connectivity index (χ0n) is 19.3. The van der Waals surface area contributed by atoms with Crippen LogP contribution in [-0.4, -0.2) is 61.7 Å². The third-order valence-electron chi connectivity index (χ3n) is 5.75. The molecule has 1 aliphatic heterocycles. The van der Waals surface area contributed by atoms with Gasteiger partial charge in [-0.25, -0.2) is 8.42 Å². The van der Waals surface area contributed by atoms with Crippen molar-refractivity contribution in [1.82, 2.24) is 9.21 Å². The fraction of sp³-hybridized carbons (Fsp3) is 0.231. The third kappa shape index (κ3) is 5.70. The second-order valence-corrected chi connectivity index (χ2v) is 10.1. The average Bonchev–Trinajstić information content (AvgIpc) is 2.89. The smallest absolute Gasteiger partial charge is 0.263 e. The Morgan fingerprint density at radius 2 is 1.40 bits per heavy atom. The van der Waals surface area contributed by atoms with Gasteiger partial charge in [-0.3, -0.25) is 9.59 Å². The number of nitrogens with one attached hydrogen (secondary N) is 1. The Morgan fingerprint density at radius 1 is 0.829 bits per heavy atom. The molecule has 0 spiro atoms. The Labute approximate surface area is 205 Å². The Kier molecular flexibility index (Phi) is 7.48. The van der Waals surface area contributed by atoms with Gasteiger partial charge in [0.2, 0.25) is 10.0 Å². The molecule has 3 aromatic carbocycles. The van der Waals surface area contributed by atoms with Crippen LogP contribution in [0.4, 0.5) is 5.69 Å². The predicted octanol–water partition coefficient (Wildman–Crippen LogP) is 3.24. The third-order valence-corrected chi connectivity index (χ3v) is 7.66. The number of piperazine rings is 1. The van der Waals surface area contributed by atoms with E-state index in [1.165, 1.54) is 4.31 Å². The van der Waals surface area contributed by atoms with Crippen LogP contribution < -0.4 is 10.1 Å². The number of benzene rings is 3. The maximum atomic E-state index is 13.0. The molecule has 4 rings (SSSR count). The Bertz CT molecular complexity index is 1270. The summed E-state index contributed by atoms with van der Waals surface area (Å²) in [5.74, 6) is -0.307. The summed E-state index contributed by atoms with van der Waals surface area (Å²) in [5, 5.41) is 2.82. The zero-order valence-corrected chi connectivity index (χ0v) is 20.1. The van der Waals surface area contributed by atoms with Crippen molar-refractivity contribution >= 4 is 27.5 Å². The van der Waals surface area contributed by atoms with Crippen molar-refractivity contribution in [3.05, 3.63) is 90.5 Å². The minimum absolute atomic E-state index is 0.200. The second-order valence-electron chi connectivity index (χ2n) is 8.12. The van der Waals surface area contributed by atoms with Gasteiger partial charge in [0.05, 0.1) is 10.5 Å². The molecule has 0 aliphatic carbocycles. The van der Waals surface area contributed by atoms with Crippen molar-refractivity contribution in [1.29, 1.82) is 0 Å². The van der Waals surface area contributed by atoms with Gasteiger partial charge in [-0.15, -0.1) is 0 Å². The van der Waals surface area contributed by atoms with Crippen LogP contribution in [0.15, 0.2) is 89.8 Å². The Morgan fingerprint density at radius 3 is 2.06 bits per heavy atom. The highest BCUT2D eigenvalue weighted by atomic mass is 32.2. The first-order valence-electron chi connectivity index (χ1n) is 11.3. The van der Waals surface area contributed by atoms with Gasteiger partial charge in [-0.05, 0) is 43.3 Å². The average molecular weight is 494 g/mol. The monoisotopic (exact) mass is 493 g/mol. The van der Waals surface area contributed by atoms with Crippen LogP contribution in [0.3, 0.4) is 0 Å². The molecule has 1 atom stereocenters. The van der Waals surface area contributed by atoms with Crippen molar-refractivity contribution in [3.8, 4) is 5.75 Å². The van der Waals surface area contributed by atoms with Gasteiger partial charge in [0.1, 0.15) is 5.75 Å². The van der Waals surface area contributed by atoms with E-state index in [2.05, 4.69) is 5.32 Å². The molecule has 1 N–H and O–H groups in total. The summed E-state index contributed by atoms with van der Waals surface area (Å²) in [5.41, 5.74) is 0.967. The topological polar surface area (TPSA) is 96.0 Å². The number of carbonyl (C=O) groups excluding carboxylic acids is 2. The second kappa shape index (κ2) is 10.7. The fourth-order valence-electron chi connectivity index (χ4n) is 3.87. The highest BCUT2D eigenvalue weighted by molar-refractivity contribution is 7.89. The summed E-state index contributed by atoms with van der Waals surface area (Å²) in [6, 6.07) is 24.1. The van der Waals surface area contributed by atoms with Crippen molar-refractivity contribution in [2.24, 2.45) is 0 Å². The number of amides is 2. The minimum Gasteiger partial charge on any atom is -0.480 e. The Hall–Kier alpha value is -3.69. The summed E-state index contributed by atoms with van der Waals surface area (Å²) >= 11 is 0. The molecule has 0 unspecified atom stereocenters. The first-order valence-corrected chi connectivity index (χ1v) is 12.8. The SMILES string of the molecule is C[C@@H](Oc1ccccc1C(=O)Nc1ccccc1)C(=O)N1CCN(S(=O)(=O)c2ccccc2)CC1. The molecule has 8 nitrogen and oxygen atoms in total. The molecular formula is C26H27N3O5S. The van der Waals surface area contributed by atoms with Gasteiger partial charge in [-0.1, -0.05) is 48.5 Å². The van der Waals surface area contributed by atoms with Gasteiger partial charge in [-0.2, -0.15) is 4.31 Å². The van der Waals surface area contributed by atoms with E-state index in [4.69, 9.17) is 4.74 Å². The Balaban J connectivity index is 1.38. The van der Waals surface area contributed by atoms with Crippen molar-refractivity contribution in [2.45, 2.75) is 17.9 Å². The predicted molar refractivity (Wildman–Crippen MR) is 133 cm³/mol. The van der Waals surface area contributed by atoms with E-state index >= 15 is 0 Å². The van der Waals surface area contributed by atoms with E-state index in [-0.39, 0.29) is 42.9 Å². The molecule has 182 valence electrons. The van der Waals surface area contributed by atoms with Crippen LogP contribution >= 0.6 is 0 Å². The van der Waals surface area contributed by atoms with Gasteiger partial charge in [0, 0.05) is 31.9 Å². The summed E-state index contributed by atoms with van der Waals surface area (Å²) in [6.07, 6.45) is -0.849. The number of rotatable bonds is 7. The lowest BCUT2D eigenvalue weighted by Crippen LogP contribution is -2.53. The lowest BCUT2D eigenvalue weighted by atomic mass is 10.1. The van der Waals surface area contributed by atoms with Gasteiger partial charge >= 0.3 is 0 Å². The van der Waals surface area contributed by atoms with E-state index in [1.54, 1.807) is 78.6 Å². The number of hydrogen-bond acceptors (Lipinski definition) is 5. The largest absolute Gasteiger partial charge is 0.480 e. The van der Waals surface area contributed by atoms with Crippen molar-refractivity contribution in [2.75, 3.05) is 31.5 Å². The van der Waals surface area contributed by atoms with E-state index < -0.39 is 16.1 Å². The first kappa shape index (κ1) is 24.4. The van der Waals surface area contributed by atoms with Crippen LogP contribution in [0.25, 0.3) is 0 Å². The first-order chi connectivity index (χ1) is 16.9. The van der Waals surface area contributed by atoms with Gasteiger partial charge in [0.15, 0.2) is 6.10 Å². The lowest BCUT2D eigenvalue weighted by molar-refractivity contribution is -0.139. The number of para-hydroxylation sites is 2. The van der Waals surface area contributed by atoms with E-state index in [0.29, 0.717) is 17.0 Å². The number of ether oxygens (including phenoxy) is 1. The van der Waals surface area contributed by atoms with Crippen LogP contribution in [0, 0.1) is 0 Å². The van der Waals surface area contributed by atoms with Crippen LogP contribution in [0.1, 0.15) is 17.3 Å². The van der Waals surface area contributed by atoms with Gasteiger partial charge in [0.25, 0.3) is 11.8 Å².